The number of fused-ring (bicyclic) bond motifs is 6. The van der Waals surface area contributed by atoms with Gasteiger partial charge >= 0.3 is 29.8 Å². The minimum Gasteiger partial charge on any atom is -0.497 e. The van der Waals surface area contributed by atoms with Crippen LogP contribution < -0.4 is 10.1 Å². The zero-order valence-electron chi connectivity index (χ0n) is 54.6. The van der Waals surface area contributed by atoms with Crippen molar-refractivity contribution in [1.82, 2.24) is 9.88 Å². The Morgan fingerprint density at radius 2 is 1.41 bits per heavy atom. The van der Waals surface area contributed by atoms with Crippen molar-refractivity contribution in [2.45, 2.75) is 161 Å². The largest absolute Gasteiger partial charge is 0.497 e. The van der Waals surface area contributed by atoms with Gasteiger partial charge in [-0.25, -0.2) is 9.59 Å². The first-order valence-electron chi connectivity index (χ1n) is 32.3. The molecule has 1 heterocycles. The molecule has 5 aromatic carbocycles. The third-order valence-corrected chi connectivity index (χ3v) is 20.7. The topological polar surface area (TPSA) is 266 Å². The molecule has 0 saturated heterocycles. The molecule has 4 aliphatic carbocycles. The quantitative estimate of drug-likeness (QED) is 0.0233. The van der Waals surface area contributed by atoms with E-state index in [1.807, 2.05) is 6.07 Å². The lowest BCUT2D eigenvalue weighted by atomic mass is 9.40. The Hall–Kier alpha value is -8.78. The number of carbonyl (C=O) groups is 9. The van der Waals surface area contributed by atoms with E-state index in [1.165, 1.54) is 19.1 Å². The molecule has 4 aliphatic rings. The number of aliphatic hydroxyl groups is 2. The van der Waals surface area contributed by atoms with Crippen LogP contribution in [0.25, 0.3) is 10.9 Å². The molecule has 95 heavy (non-hydrogen) atoms. The summed E-state index contributed by atoms with van der Waals surface area (Å²) < 4.78 is 38.1. The predicted octanol–water partition coefficient (Wildman–Crippen LogP) is 11.3. The van der Waals surface area contributed by atoms with Crippen molar-refractivity contribution in [3.63, 3.8) is 0 Å². The first-order chi connectivity index (χ1) is 45.2. The molecule has 0 unspecified atom stereocenters. The summed E-state index contributed by atoms with van der Waals surface area (Å²) in [4.78, 5) is 128. The predicted molar refractivity (Wildman–Crippen MR) is 350 cm³/mol. The molecule has 6 aromatic rings. The van der Waals surface area contributed by atoms with Crippen LogP contribution in [0.5, 0.6) is 5.75 Å². The number of nitrogens with one attached hydrogen (secondary N) is 1. The fraction of sp³-hybridized carbons (Fsp3) is 0.427. The molecule has 2 bridgehead atoms. The number of halogens is 1. The Morgan fingerprint density at radius 3 is 2.04 bits per heavy atom. The highest BCUT2D eigenvalue weighted by molar-refractivity contribution is 6.30. The number of amides is 1. The van der Waals surface area contributed by atoms with Gasteiger partial charge in [0, 0.05) is 70.7 Å². The van der Waals surface area contributed by atoms with Gasteiger partial charge in [0.1, 0.15) is 46.8 Å². The number of benzene rings is 5. The van der Waals surface area contributed by atoms with Crippen molar-refractivity contribution in [3.8, 4) is 5.75 Å². The van der Waals surface area contributed by atoms with Crippen molar-refractivity contribution < 1.29 is 81.8 Å². The summed E-state index contributed by atoms with van der Waals surface area (Å²) in [6, 6.07) is 34.9. The minimum atomic E-state index is -2.28. The summed E-state index contributed by atoms with van der Waals surface area (Å²) in [5.74, 6) is -8.36. The lowest BCUT2D eigenvalue weighted by Crippen LogP contribution is -2.78. The summed E-state index contributed by atoms with van der Waals surface area (Å²) in [5.41, 5.74) is -3.36. The van der Waals surface area contributed by atoms with Crippen LogP contribution in [0.2, 0.25) is 5.02 Å². The summed E-state index contributed by atoms with van der Waals surface area (Å²) in [7, 11) is 1.54. The van der Waals surface area contributed by atoms with Crippen LogP contribution in [0.1, 0.15) is 160 Å². The number of unbranched alkanes of at least 4 members (excludes halogenated alkanes) is 2. The lowest BCUT2D eigenvalue weighted by Gasteiger charge is -2.68. The smallest absolute Gasteiger partial charge is 0.350 e. The lowest BCUT2D eigenvalue weighted by molar-refractivity contribution is -0.295. The van der Waals surface area contributed by atoms with E-state index >= 15 is 9.59 Å². The summed E-state index contributed by atoms with van der Waals surface area (Å²) in [5, 5.41) is 30.5. The zero-order valence-corrected chi connectivity index (χ0v) is 55.4. The van der Waals surface area contributed by atoms with Gasteiger partial charge in [0.25, 0.3) is 11.8 Å². The molecular formula is C75H81ClN2O17. The molecule has 19 nitrogen and oxygen atoms in total. The fourth-order valence-electron chi connectivity index (χ4n) is 15.4. The second-order valence-corrected chi connectivity index (χ2v) is 26.8. The molecule has 10 rings (SSSR count). The molecule has 0 spiro atoms. The van der Waals surface area contributed by atoms with E-state index in [-0.39, 0.29) is 55.1 Å². The second-order valence-electron chi connectivity index (χ2n) is 26.3. The van der Waals surface area contributed by atoms with Crippen molar-refractivity contribution >= 4 is 75.7 Å². The molecule has 3 fully saturated rings. The number of esters is 5. The molecule has 1 amide bonds. The second kappa shape index (κ2) is 28.3. The van der Waals surface area contributed by atoms with E-state index < -0.39 is 131 Å². The third kappa shape index (κ3) is 13.5. The van der Waals surface area contributed by atoms with Crippen molar-refractivity contribution in [1.29, 1.82) is 0 Å². The highest BCUT2D eigenvalue weighted by atomic mass is 35.5. The minimum absolute atomic E-state index is 0.0281. The number of nitrogens with zero attached hydrogens (tertiary/aromatic N) is 1. The van der Waals surface area contributed by atoms with Gasteiger partial charge < -0.3 is 44.0 Å². The van der Waals surface area contributed by atoms with E-state index in [2.05, 4.69) is 5.32 Å². The average Bonchev–Trinajstić information content (AvgIpc) is 1.10. The van der Waals surface area contributed by atoms with Gasteiger partial charge in [0.05, 0.1) is 55.1 Å². The van der Waals surface area contributed by atoms with Crippen LogP contribution in [-0.4, -0.2) is 117 Å². The maximum absolute atomic E-state index is 15.7. The van der Waals surface area contributed by atoms with Gasteiger partial charge in [0.2, 0.25) is 6.10 Å². The monoisotopic (exact) mass is 1320 g/mol. The molecule has 500 valence electrons. The van der Waals surface area contributed by atoms with Crippen LogP contribution in [0.4, 0.5) is 0 Å². The van der Waals surface area contributed by atoms with Crippen LogP contribution in [0.3, 0.4) is 0 Å². The Kier molecular flexibility index (Phi) is 20.6. The molecule has 0 radical (unpaired) electrons. The first-order valence-corrected chi connectivity index (χ1v) is 32.7. The summed E-state index contributed by atoms with van der Waals surface area (Å²) in [6.45, 7) is 11.3. The van der Waals surface area contributed by atoms with Gasteiger partial charge in [-0.05, 0) is 148 Å². The van der Waals surface area contributed by atoms with E-state index in [1.54, 1.807) is 168 Å². The summed E-state index contributed by atoms with van der Waals surface area (Å²) >= 11 is 6.10. The standard InChI is InChI=1S/C75H81ClN2O17/c1-43-58(42-75(89)67(94-70(87)50-25-17-11-18-26-50)65-73(7,66(84)44(2)62(43)72(75,5)6)59(81)39-51-36-37-74(51,65)95-46(4)79)92-71(88)64(63(47-21-13-9-14-22-47)77-68(85)48-23-15-10-16-24-48)93-61(83)35-34-60(82)91-38-20-12-19-27-53(80)40-55-45(3)78(57-33-32-54(90-8)41-56(55)57)69(86)49-28-30-52(76)31-29-49/h9-11,13-18,21-26,28-33,41,44,51,58-59,63-65,67,81,89H,12,19-20,27,34-40,42H2,1-8H3,(H,77,85)/t44-,51-,58+,59+,63+,64-,65+,67+,73-,74+,75-/m1/s1. The van der Waals surface area contributed by atoms with Crippen LogP contribution in [-0.2, 0) is 58.9 Å². The molecule has 3 saturated carbocycles. The van der Waals surface area contributed by atoms with Gasteiger partial charge in [-0.3, -0.25) is 38.1 Å². The van der Waals surface area contributed by atoms with E-state index in [4.69, 9.17) is 40.0 Å². The number of ether oxygens (including phenoxy) is 6. The molecule has 3 N–H and O–H groups in total. The molecular weight excluding hydrogens is 1240 g/mol. The van der Waals surface area contributed by atoms with Crippen LogP contribution in [0.15, 0.2) is 145 Å². The van der Waals surface area contributed by atoms with E-state index in [9.17, 15) is 43.8 Å². The zero-order chi connectivity index (χ0) is 68.3. The Labute approximate surface area is 556 Å². The maximum atomic E-state index is 15.7. The van der Waals surface area contributed by atoms with Crippen molar-refractivity contribution in [2.75, 3.05) is 13.7 Å². The molecule has 20 heteroatoms. The number of carbonyl (C=O) groups excluding carboxylic acids is 9. The Balaban J connectivity index is 0.867. The molecule has 11 atom stereocenters. The van der Waals surface area contributed by atoms with E-state index in [0.29, 0.717) is 80.9 Å². The summed E-state index contributed by atoms with van der Waals surface area (Å²) in [6.07, 6.45) is -5.56. The Bertz CT molecular complexity index is 3960. The SMILES string of the molecule is COc1ccc2c(c1)c(CC(=O)CCCCCOC(=O)CCC(=O)O[C@@H](C(=O)O[C@H]1C[C@@]3(O)[C@@H](OC(=O)c4ccccc4)[C@@H]4[C@]5(OC(C)=O)CC[C@@H]5C[C@H](O)[C@@]4(C)C(=O)[C@H](C)C(=C1C)C3(C)C)[C@@H](NC(=O)c1ccccc1)c1ccccc1)c(C)n2C(=O)c1ccc(Cl)cc1. The fourth-order valence-corrected chi connectivity index (χ4v) is 15.6. The maximum Gasteiger partial charge on any atom is 0.350 e. The average molecular weight is 1320 g/mol. The number of aliphatic hydroxyl groups excluding tert-OH is 1. The highest BCUT2D eigenvalue weighted by Gasteiger charge is 2.76. The van der Waals surface area contributed by atoms with Gasteiger partial charge in [-0.15, -0.1) is 0 Å². The Morgan fingerprint density at radius 1 is 0.768 bits per heavy atom. The number of ketones is 2. The van der Waals surface area contributed by atoms with E-state index in [0.717, 1.165) is 0 Å². The molecule has 1 aromatic heterocycles. The number of hydrogen-bond donors (Lipinski definition) is 3. The van der Waals surface area contributed by atoms with Gasteiger partial charge in [-0.1, -0.05) is 99.1 Å². The third-order valence-electron chi connectivity index (χ3n) is 20.5. The van der Waals surface area contributed by atoms with Crippen molar-refractivity contribution in [3.05, 3.63) is 183 Å². The first kappa shape index (κ1) is 69.1. The van der Waals surface area contributed by atoms with Crippen LogP contribution in [0, 0.1) is 35.5 Å². The number of aromatic nitrogens is 1. The number of Topliss-reactive ketones (excluding diaryl/α,β-unsaturated/α-hetero) is 2. The highest BCUT2D eigenvalue weighted by Crippen LogP contribution is 2.68. The normalized spacial score (nSPS) is 24.8. The van der Waals surface area contributed by atoms with Gasteiger partial charge in [0.15, 0.2) is 0 Å². The molecule has 0 aliphatic heterocycles. The number of rotatable bonds is 23. The van der Waals surface area contributed by atoms with Crippen LogP contribution >= 0.6 is 11.6 Å². The van der Waals surface area contributed by atoms with Gasteiger partial charge in [-0.2, -0.15) is 0 Å². The number of hydrogen-bond acceptors (Lipinski definition) is 17. The number of methoxy groups -OCH3 is 1. The van der Waals surface area contributed by atoms with Crippen molar-refractivity contribution in [2.24, 2.45) is 28.6 Å².